The van der Waals surface area contributed by atoms with E-state index >= 15 is 0 Å². The number of hydrogen-bond acceptors (Lipinski definition) is 3. The third-order valence-corrected chi connectivity index (χ3v) is 4.25. The Bertz CT molecular complexity index is 333. The van der Waals surface area contributed by atoms with Gasteiger partial charge in [0.15, 0.2) is 0 Å². The summed E-state index contributed by atoms with van der Waals surface area (Å²) in [6.07, 6.45) is 5.95. The quantitative estimate of drug-likeness (QED) is 0.832. The number of thioether (sulfide) groups is 1. The molecule has 1 aliphatic heterocycles. The molecule has 0 aliphatic carbocycles. The van der Waals surface area contributed by atoms with E-state index in [1.165, 1.54) is 29.7 Å². The Balaban J connectivity index is 2.10. The molecule has 0 spiro atoms. The molecule has 17 heavy (non-hydrogen) atoms. The number of benzene rings is 1. The first-order valence-corrected chi connectivity index (χ1v) is 7.56. The van der Waals surface area contributed by atoms with Crippen LogP contribution in [0.1, 0.15) is 30.9 Å². The molecule has 1 aromatic rings. The van der Waals surface area contributed by atoms with Crippen molar-refractivity contribution in [2.75, 3.05) is 26.0 Å². The fraction of sp³-hybridized carbons (Fsp3) is 0.571. The average Bonchev–Trinajstić information content (AvgIpc) is 2.42. The Hall–Kier alpha value is -0.510. The van der Waals surface area contributed by atoms with Crippen LogP contribution in [0.3, 0.4) is 0 Å². The fourth-order valence-electron chi connectivity index (χ4n) is 2.49. The second-order valence-electron chi connectivity index (χ2n) is 4.57. The highest BCUT2D eigenvalue weighted by Gasteiger charge is 2.21. The van der Waals surface area contributed by atoms with Crippen molar-refractivity contribution in [3.63, 3.8) is 0 Å². The minimum atomic E-state index is 0.186. The van der Waals surface area contributed by atoms with Gasteiger partial charge in [-0.1, -0.05) is 18.6 Å². The van der Waals surface area contributed by atoms with Gasteiger partial charge < -0.3 is 5.11 Å². The summed E-state index contributed by atoms with van der Waals surface area (Å²) in [5.74, 6) is 0. The lowest BCUT2D eigenvalue weighted by molar-refractivity contribution is 0.104. The summed E-state index contributed by atoms with van der Waals surface area (Å²) in [7, 11) is 0. The van der Waals surface area contributed by atoms with Gasteiger partial charge in [0.25, 0.3) is 0 Å². The number of likely N-dealkylation sites (tertiary alicyclic amines) is 1. The van der Waals surface area contributed by atoms with E-state index in [2.05, 4.69) is 35.4 Å². The topological polar surface area (TPSA) is 23.5 Å². The normalized spacial score (nSPS) is 19.2. The van der Waals surface area contributed by atoms with Crippen LogP contribution < -0.4 is 0 Å². The van der Waals surface area contributed by atoms with Crippen molar-refractivity contribution < 1.29 is 5.11 Å². The van der Waals surface area contributed by atoms with Crippen LogP contribution in [-0.2, 0) is 0 Å². The maximum absolute atomic E-state index is 9.61. The second kappa shape index (κ2) is 6.43. The molecule has 0 aromatic heterocycles. The third kappa shape index (κ3) is 3.24. The molecule has 1 saturated heterocycles. The fourth-order valence-corrected chi connectivity index (χ4v) is 2.90. The summed E-state index contributed by atoms with van der Waals surface area (Å²) >= 11 is 1.76. The van der Waals surface area contributed by atoms with Crippen molar-refractivity contribution in [1.82, 2.24) is 4.90 Å². The smallest absolute Gasteiger partial charge is 0.0628 e. The molecule has 0 amide bonds. The van der Waals surface area contributed by atoms with Crippen LogP contribution in [0.4, 0.5) is 0 Å². The third-order valence-electron chi connectivity index (χ3n) is 3.50. The monoisotopic (exact) mass is 251 g/mol. The van der Waals surface area contributed by atoms with Crippen molar-refractivity contribution in [3.8, 4) is 0 Å². The summed E-state index contributed by atoms with van der Waals surface area (Å²) in [6.45, 7) is 2.46. The SMILES string of the molecule is CSc1ccc(C(CO)N2CCCCC2)cc1. The van der Waals surface area contributed by atoms with Gasteiger partial charge in [-0.3, -0.25) is 4.90 Å². The summed E-state index contributed by atoms with van der Waals surface area (Å²) in [6, 6.07) is 8.79. The van der Waals surface area contributed by atoms with Gasteiger partial charge in [0.05, 0.1) is 12.6 Å². The van der Waals surface area contributed by atoms with Crippen LogP contribution >= 0.6 is 11.8 Å². The molecule has 2 nitrogen and oxygen atoms in total. The first-order chi connectivity index (χ1) is 8.35. The van der Waals surface area contributed by atoms with Gasteiger partial charge in [0.1, 0.15) is 0 Å². The van der Waals surface area contributed by atoms with Crippen LogP contribution in [-0.4, -0.2) is 36.0 Å². The molecule has 94 valence electrons. The molecule has 1 aliphatic rings. The lowest BCUT2D eigenvalue weighted by atomic mass is 10.0. The molecular formula is C14H21NOS. The number of aliphatic hydroxyl groups is 1. The molecule has 1 atom stereocenters. The molecule has 0 bridgehead atoms. The Morgan fingerprint density at radius 2 is 1.82 bits per heavy atom. The van der Waals surface area contributed by atoms with Crippen molar-refractivity contribution in [1.29, 1.82) is 0 Å². The van der Waals surface area contributed by atoms with E-state index in [4.69, 9.17) is 0 Å². The van der Waals surface area contributed by atoms with Crippen LogP contribution in [0.2, 0.25) is 0 Å². The van der Waals surface area contributed by atoms with Gasteiger partial charge in [0, 0.05) is 4.90 Å². The number of rotatable bonds is 4. The molecule has 1 fully saturated rings. The Labute approximate surface area is 108 Å². The number of piperidine rings is 1. The second-order valence-corrected chi connectivity index (χ2v) is 5.45. The first-order valence-electron chi connectivity index (χ1n) is 6.34. The van der Waals surface area contributed by atoms with E-state index in [0.29, 0.717) is 0 Å². The van der Waals surface area contributed by atoms with Gasteiger partial charge in [0.2, 0.25) is 0 Å². The van der Waals surface area contributed by atoms with E-state index in [1.54, 1.807) is 11.8 Å². The average molecular weight is 251 g/mol. The largest absolute Gasteiger partial charge is 0.394 e. The summed E-state index contributed by atoms with van der Waals surface area (Å²) in [5.41, 5.74) is 1.24. The van der Waals surface area contributed by atoms with Crippen LogP contribution in [0.5, 0.6) is 0 Å². The minimum Gasteiger partial charge on any atom is -0.394 e. The van der Waals surface area contributed by atoms with E-state index < -0.39 is 0 Å². The zero-order valence-corrected chi connectivity index (χ0v) is 11.2. The highest BCUT2D eigenvalue weighted by Crippen LogP contribution is 2.25. The zero-order chi connectivity index (χ0) is 12.1. The zero-order valence-electron chi connectivity index (χ0n) is 10.4. The van der Waals surface area contributed by atoms with E-state index in [9.17, 15) is 5.11 Å². The maximum atomic E-state index is 9.61. The number of nitrogens with zero attached hydrogens (tertiary/aromatic N) is 1. The van der Waals surface area contributed by atoms with Crippen molar-refractivity contribution in [3.05, 3.63) is 29.8 Å². The Morgan fingerprint density at radius 1 is 1.18 bits per heavy atom. The number of aliphatic hydroxyl groups excluding tert-OH is 1. The van der Waals surface area contributed by atoms with Crippen LogP contribution in [0.15, 0.2) is 29.2 Å². The van der Waals surface area contributed by atoms with Gasteiger partial charge >= 0.3 is 0 Å². The van der Waals surface area contributed by atoms with Crippen LogP contribution in [0, 0.1) is 0 Å². The minimum absolute atomic E-state index is 0.186. The molecular weight excluding hydrogens is 230 g/mol. The lowest BCUT2D eigenvalue weighted by Gasteiger charge is -2.33. The van der Waals surface area contributed by atoms with Gasteiger partial charge in [-0.15, -0.1) is 11.8 Å². The summed E-state index contributed by atoms with van der Waals surface area (Å²) < 4.78 is 0. The number of hydrogen-bond donors (Lipinski definition) is 1. The molecule has 1 N–H and O–H groups in total. The van der Waals surface area contributed by atoms with E-state index in [0.717, 1.165) is 13.1 Å². The molecule has 3 heteroatoms. The standard InChI is InChI=1S/C14H21NOS/c1-17-13-7-5-12(6-8-13)14(11-16)15-9-3-2-4-10-15/h5-8,14,16H,2-4,9-11H2,1H3. The molecule has 0 radical (unpaired) electrons. The molecule has 1 unspecified atom stereocenters. The van der Waals surface area contributed by atoms with Gasteiger partial charge in [-0.25, -0.2) is 0 Å². The molecule has 1 heterocycles. The van der Waals surface area contributed by atoms with E-state index in [1.807, 2.05) is 0 Å². The molecule has 1 aromatic carbocycles. The predicted molar refractivity (Wildman–Crippen MR) is 73.5 cm³/mol. The van der Waals surface area contributed by atoms with E-state index in [-0.39, 0.29) is 12.6 Å². The Morgan fingerprint density at radius 3 is 2.35 bits per heavy atom. The predicted octanol–water partition coefficient (Wildman–Crippen LogP) is 2.93. The molecule has 0 saturated carbocycles. The van der Waals surface area contributed by atoms with Crippen molar-refractivity contribution >= 4 is 11.8 Å². The highest BCUT2D eigenvalue weighted by molar-refractivity contribution is 7.98. The van der Waals surface area contributed by atoms with Crippen molar-refractivity contribution in [2.24, 2.45) is 0 Å². The lowest BCUT2D eigenvalue weighted by Crippen LogP contribution is -2.35. The highest BCUT2D eigenvalue weighted by atomic mass is 32.2. The summed E-state index contributed by atoms with van der Waals surface area (Å²) in [4.78, 5) is 3.70. The van der Waals surface area contributed by atoms with Crippen LogP contribution in [0.25, 0.3) is 0 Å². The maximum Gasteiger partial charge on any atom is 0.0628 e. The molecule has 2 rings (SSSR count). The van der Waals surface area contributed by atoms with Gasteiger partial charge in [-0.2, -0.15) is 0 Å². The Kier molecular flexibility index (Phi) is 4.89. The van der Waals surface area contributed by atoms with Crippen molar-refractivity contribution in [2.45, 2.75) is 30.2 Å². The summed E-state index contributed by atoms with van der Waals surface area (Å²) in [5, 5.41) is 9.61. The van der Waals surface area contributed by atoms with Gasteiger partial charge in [-0.05, 0) is 49.9 Å². The first kappa shape index (κ1) is 12.9.